The molecule has 1 heterocycles. The van der Waals surface area contributed by atoms with Crippen LogP contribution in [-0.2, 0) is 0 Å². The largest absolute Gasteiger partial charge is 0.316 e. The van der Waals surface area contributed by atoms with Crippen LogP contribution in [-0.4, -0.2) is 13.1 Å². The van der Waals surface area contributed by atoms with Crippen molar-refractivity contribution in [2.75, 3.05) is 13.1 Å². The van der Waals surface area contributed by atoms with E-state index in [-0.39, 0.29) is 5.92 Å². The maximum Gasteiger partial charge on any atom is 0.161 e. The molecule has 4 heteroatoms. The molecular formula is C16H20F3N. The summed E-state index contributed by atoms with van der Waals surface area (Å²) in [7, 11) is 0. The van der Waals surface area contributed by atoms with Crippen LogP contribution in [0, 0.1) is 29.3 Å². The summed E-state index contributed by atoms with van der Waals surface area (Å²) in [5, 5.41) is 3.37. The minimum absolute atomic E-state index is 0.00875. The fraction of sp³-hybridized carbons (Fsp3) is 0.625. The van der Waals surface area contributed by atoms with Gasteiger partial charge in [0, 0.05) is 6.07 Å². The van der Waals surface area contributed by atoms with Crippen molar-refractivity contribution in [1.82, 2.24) is 5.32 Å². The molecule has 110 valence electrons. The molecule has 1 aromatic carbocycles. The Kier molecular flexibility index (Phi) is 4.01. The Hall–Kier alpha value is -1.03. The average molecular weight is 283 g/mol. The topological polar surface area (TPSA) is 12.0 Å². The molecule has 1 N–H and O–H groups in total. The van der Waals surface area contributed by atoms with Crippen LogP contribution >= 0.6 is 0 Å². The Bertz CT molecular complexity index is 483. The minimum Gasteiger partial charge on any atom is -0.316 e. The molecule has 2 unspecified atom stereocenters. The second-order valence-corrected chi connectivity index (χ2v) is 6.10. The standard InChI is InChI=1S/C16H20F3N/c17-14-8-16(19)15(18)7-12(14)11-5-6-20-9-13(11)10-3-1-2-4-10/h7-8,10-11,13,20H,1-6,9H2. The van der Waals surface area contributed by atoms with E-state index in [0.717, 1.165) is 25.6 Å². The van der Waals surface area contributed by atoms with E-state index in [1.807, 2.05) is 0 Å². The van der Waals surface area contributed by atoms with E-state index >= 15 is 0 Å². The molecule has 20 heavy (non-hydrogen) atoms. The summed E-state index contributed by atoms with van der Waals surface area (Å²) in [5.74, 6) is -1.71. The molecule has 1 nitrogen and oxygen atoms in total. The quantitative estimate of drug-likeness (QED) is 0.809. The van der Waals surface area contributed by atoms with Crippen molar-refractivity contribution in [2.24, 2.45) is 11.8 Å². The predicted octanol–water partition coefficient (Wildman–Crippen LogP) is 3.99. The molecule has 1 aromatic rings. The molecule has 0 radical (unpaired) electrons. The third kappa shape index (κ3) is 2.58. The maximum atomic E-state index is 14.0. The molecule has 0 amide bonds. The minimum atomic E-state index is -1.10. The van der Waals surface area contributed by atoms with E-state index in [2.05, 4.69) is 5.32 Å². The normalized spacial score (nSPS) is 27.9. The highest BCUT2D eigenvalue weighted by Gasteiger charge is 2.35. The van der Waals surface area contributed by atoms with Gasteiger partial charge in [0.25, 0.3) is 0 Å². The predicted molar refractivity (Wildman–Crippen MR) is 72.0 cm³/mol. The highest BCUT2D eigenvalue weighted by Crippen LogP contribution is 2.42. The number of hydrogen-bond donors (Lipinski definition) is 1. The van der Waals surface area contributed by atoms with E-state index in [1.54, 1.807) is 0 Å². The Labute approximate surface area is 117 Å². The van der Waals surface area contributed by atoms with Crippen LogP contribution in [0.1, 0.15) is 43.6 Å². The van der Waals surface area contributed by atoms with Crippen molar-refractivity contribution in [2.45, 2.75) is 38.0 Å². The molecule has 1 saturated carbocycles. The first-order valence-corrected chi connectivity index (χ1v) is 7.52. The van der Waals surface area contributed by atoms with Gasteiger partial charge >= 0.3 is 0 Å². The second-order valence-electron chi connectivity index (χ2n) is 6.10. The van der Waals surface area contributed by atoms with Crippen LogP contribution in [0.15, 0.2) is 12.1 Å². The molecular weight excluding hydrogens is 263 g/mol. The zero-order chi connectivity index (χ0) is 14.1. The second kappa shape index (κ2) is 5.76. The summed E-state index contributed by atoms with van der Waals surface area (Å²) in [6.45, 7) is 1.67. The lowest BCUT2D eigenvalue weighted by Crippen LogP contribution is -2.39. The monoisotopic (exact) mass is 283 g/mol. The van der Waals surface area contributed by atoms with E-state index in [1.165, 1.54) is 25.7 Å². The van der Waals surface area contributed by atoms with Gasteiger partial charge in [0.1, 0.15) is 5.82 Å². The number of nitrogens with one attached hydrogen (secondary N) is 1. The van der Waals surface area contributed by atoms with E-state index in [9.17, 15) is 13.2 Å². The van der Waals surface area contributed by atoms with Gasteiger partial charge < -0.3 is 5.32 Å². The fourth-order valence-corrected chi connectivity index (χ4v) is 3.97. The Morgan fingerprint density at radius 3 is 2.35 bits per heavy atom. The van der Waals surface area contributed by atoms with Crippen molar-refractivity contribution in [3.05, 3.63) is 35.1 Å². The first-order valence-electron chi connectivity index (χ1n) is 7.52. The summed E-state index contributed by atoms with van der Waals surface area (Å²) in [5.41, 5.74) is 0.363. The average Bonchev–Trinajstić information content (AvgIpc) is 2.97. The van der Waals surface area contributed by atoms with Crippen molar-refractivity contribution < 1.29 is 13.2 Å². The summed E-state index contributed by atoms with van der Waals surface area (Å²) in [6, 6.07) is 1.76. The molecule has 0 aromatic heterocycles. The Morgan fingerprint density at radius 2 is 1.60 bits per heavy atom. The van der Waals surface area contributed by atoms with Gasteiger partial charge in [-0.2, -0.15) is 0 Å². The molecule has 2 aliphatic rings. The first-order chi connectivity index (χ1) is 9.66. The molecule has 3 rings (SSSR count). The van der Waals surface area contributed by atoms with Crippen LogP contribution in [0.4, 0.5) is 13.2 Å². The lowest BCUT2D eigenvalue weighted by atomic mass is 9.73. The van der Waals surface area contributed by atoms with Gasteiger partial charge in [-0.15, -0.1) is 0 Å². The highest BCUT2D eigenvalue weighted by molar-refractivity contribution is 5.25. The van der Waals surface area contributed by atoms with Gasteiger partial charge in [0.05, 0.1) is 0 Å². The molecule has 0 spiro atoms. The van der Waals surface area contributed by atoms with Crippen LogP contribution in [0.5, 0.6) is 0 Å². The zero-order valence-corrected chi connectivity index (χ0v) is 11.5. The summed E-state index contributed by atoms with van der Waals surface area (Å²) in [6.07, 6.45) is 5.60. The van der Waals surface area contributed by atoms with Gasteiger partial charge in [0.15, 0.2) is 11.6 Å². The SMILES string of the molecule is Fc1cc(F)c(C2CCNCC2C2CCCC2)cc1F. The van der Waals surface area contributed by atoms with Gasteiger partial charge in [-0.3, -0.25) is 0 Å². The Morgan fingerprint density at radius 1 is 0.900 bits per heavy atom. The van der Waals surface area contributed by atoms with Crippen molar-refractivity contribution >= 4 is 0 Å². The van der Waals surface area contributed by atoms with Gasteiger partial charge in [-0.1, -0.05) is 25.7 Å². The Balaban J connectivity index is 1.91. The van der Waals surface area contributed by atoms with Crippen LogP contribution in [0.3, 0.4) is 0 Å². The summed E-state index contributed by atoms with van der Waals surface area (Å²) in [4.78, 5) is 0. The van der Waals surface area contributed by atoms with Crippen LogP contribution < -0.4 is 5.32 Å². The number of halogens is 3. The van der Waals surface area contributed by atoms with Gasteiger partial charge in [-0.05, 0) is 48.9 Å². The molecule has 2 fully saturated rings. The summed E-state index contributed by atoms with van der Waals surface area (Å²) >= 11 is 0. The molecule has 1 aliphatic heterocycles. The van der Waals surface area contributed by atoms with Gasteiger partial charge in [-0.25, -0.2) is 13.2 Å². The van der Waals surface area contributed by atoms with Gasteiger partial charge in [0.2, 0.25) is 0 Å². The third-order valence-corrected chi connectivity index (χ3v) is 4.97. The highest BCUT2D eigenvalue weighted by atomic mass is 19.2. The van der Waals surface area contributed by atoms with Crippen molar-refractivity contribution in [3.8, 4) is 0 Å². The van der Waals surface area contributed by atoms with Crippen molar-refractivity contribution in [1.29, 1.82) is 0 Å². The van der Waals surface area contributed by atoms with Crippen molar-refractivity contribution in [3.63, 3.8) is 0 Å². The lowest BCUT2D eigenvalue weighted by Gasteiger charge is -2.36. The van der Waals surface area contributed by atoms with E-state index < -0.39 is 17.5 Å². The molecule has 1 saturated heterocycles. The summed E-state index contributed by atoms with van der Waals surface area (Å²) < 4.78 is 40.6. The van der Waals surface area contributed by atoms with E-state index in [0.29, 0.717) is 23.5 Å². The number of benzene rings is 1. The third-order valence-electron chi connectivity index (χ3n) is 4.97. The zero-order valence-electron chi connectivity index (χ0n) is 11.5. The number of hydrogen-bond acceptors (Lipinski definition) is 1. The van der Waals surface area contributed by atoms with E-state index in [4.69, 9.17) is 0 Å². The fourth-order valence-electron chi connectivity index (χ4n) is 3.97. The number of piperidine rings is 1. The maximum absolute atomic E-state index is 14.0. The molecule has 1 aliphatic carbocycles. The molecule has 2 atom stereocenters. The first kappa shape index (κ1) is 13.9. The smallest absolute Gasteiger partial charge is 0.161 e. The lowest BCUT2D eigenvalue weighted by molar-refractivity contribution is 0.227. The number of rotatable bonds is 2. The van der Waals surface area contributed by atoms with Crippen LogP contribution in [0.2, 0.25) is 0 Å². The molecule has 0 bridgehead atoms. The van der Waals surface area contributed by atoms with Crippen LogP contribution in [0.25, 0.3) is 0 Å².